The molecule has 0 saturated carbocycles. The van der Waals surface area contributed by atoms with E-state index in [1.165, 1.54) is 11.1 Å². The number of unbranched alkanes of at least 4 members (excludes halogenated alkanes) is 1. The summed E-state index contributed by atoms with van der Waals surface area (Å²) in [7, 11) is 1.77. The number of aliphatic hydroxyl groups is 1. The second-order valence-corrected chi connectivity index (χ2v) is 9.96. The van der Waals surface area contributed by atoms with E-state index < -0.39 is 12.1 Å². The lowest BCUT2D eigenvalue weighted by Crippen LogP contribution is -2.30. The van der Waals surface area contributed by atoms with E-state index >= 15 is 0 Å². The Bertz CT molecular complexity index is 1120. The van der Waals surface area contributed by atoms with Crippen LogP contribution >= 0.6 is 11.6 Å². The third kappa shape index (κ3) is 7.73. The van der Waals surface area contributed by atoms with Crippen molar-refractivity contribution in [3.05, 3.63) is 70.3 Å². The van der Waals surface area contributed by atoms with Crippen LogP contribution in [0.4, 0.5) is 5.69 Å². The van der Waals surface area contributed by atoms with Crippen LogP contribution < -0.4 is 9.64 Å². The zero-order valence-electron chi connectivity index (χ0n) is 21.8. The molecule has 0 aromatic heterocycles. The Balaban J connectivity index is 1.84. The Morgan fingerprint density at radius 1 is 1.24 bits per heavy atom. The smallest absolute Gasteiger partial charge is 0.337 e. The second kappa shape index (κ2) is 13.5. The minimum absolute atomic E-state index is 0.0286. The van der Waals surface area contributed by atoms with Gasteiger partial charge in [-0.1, -0.05) is 49.2 Å². The third-order valence-corrected chi connectivity index (χ3v) is 6.94. The van der Waals surface area contributed by atoms with Crippen LogP contribution in [-0.2, 0) is 16.0 Å². The fourth-order valence-electron chi connectivity index (χ4n) is 4.56. The molecule has 0 spiro atoms. The number of amides is 1. The molecular formula is C29H37ClN2O5. The van der Waals surface area contributed by atoms with E-state index in [1.54, 1.807) is 37.1 Å². The lowest BCUT2D eigenvalue weighted by Gasteiger charge is -2.28. The van der Waals surface area contributed by atoms with Gasteiger partial charge < -0.3 is 24.7 Å². The first-order valence-corrected chi connectivity index (χ1v) is 13.2. The number of nitrogens with zero attached hydrogens (tertiary/aromatic N) is 2. The van der Waals surface area contributed by atoms with E-state index in [0.29, 0.717) is 31.0 Å². The molecule has 0 aliphatic carbocycles. The summed E-state index contributed by atoms with van der Waals surface area (Å²) >= 11 is 6.30. The molecule has 200 valence electrons. The maximum absolute atomic E-state index is 11.4. The molecule has 2 atom stereocenters. The van der Waals surface area contributed by atoms with Crippen LogP contribution in [0, 0.1) is 0 Å². The van der Waals surface area contributed by atoms with Crippen LogP contribution in [0.3, 0.4) is 0 Å². The Morgan fingerprint density at radius 3 is 2.73 bits per heavy atom. The number of aliphatic hydroxyl groups excluding tert-OH is 1. The van der Waals surface area contributed by atoms with Crippen molar-refractivity contribution in [2.24, 2.45) is 0 Å². The lowest BCUT2D eigenvalue weighted by molar-refractivity contribution is -0.147. The van der Waals surface area contributed by atoms with E-state index in [-0.39, 0.29) is 11.8 Å². The molecule has 3 rings (SSSR count). The summed E-state index contributed by atoms with van der Waals surface area (Å²) in [6, 6.07) is 11.1. The van der Waals surface area contributed by atoms with Crippen LogP contribution in [0.1, 0.15) is 61.8 Å². The molecule has 1 aliphatic rings. The first-order valence-electron chi connectivity index (χ1n) is 12.8. The molecule has 0 saturated heterocycles. The fraction of sp³-hybridized carbons (Fsp3) is 0.448. The molecule has 0 bridgehead atoms. The van der Waals surface area contributed by atoms with Gasteiger partial charge in [0.05, 0.1) is 12.3 Å². The number of aryl methyl sites for hydroxylation is 1. The number of carbonyl (C=O) groups is 2. The first kappa shape index (κ1) is 28.5. The number of hydrogen-bond acceptors (Lipinski definition) is 5. The van der Waals surface area contributed by atoms with E-state index in [0.717, 1.165) is 42.9 Å². The monoisotopic (exact) mass is 528 g/mol. The van der Waals surface area contributed by atoms with Gasteiger partial charge in [-0.05, 0) is 60.2 Å². The van der Waals surface area contributed by atoms with Crippen molar-refractivity contribution < 1.29 is 24.5 Å². The molecule has 1 aliphatic heterocycles. The average Bonchev–Trinajstić information content (AvgIpc) is 3.04. The van der Waals surface area contributed by atoms with Crippen molar-refractivity contribution in [1.29, 1.82) is 0 Å². The van der Waals surface area contributed by atoms with Gasteiger partial charge in [-0.25, -0.2) is 4.79 Å². The van der Waals surface area contributed by atoms with Gasteiger partial charge in [0.2, 0.25) is 5.91 Å². The molecule has 2 aromatic rings. The van der Waals surface area contributed by atoms with Gasteiger partial charge in [0.25, 0.3) is 0 Å². The molecule has 37 heavy (non-hydrogen) atoms. The van der Waals surface area contributed by atoms with E-state index in [2.05, 4.69) is 24.0 Å². The number of fused-ring (bicyclic) bond motifs is 1. The van der Waals surface area contributed by atoms with Crippen molar-refractivity contribution in [3.8, 4) is 5.75 Å². The van der Waals surface area contributed by atoms with Gasteiger partial charge in [0, 0.05) is 44.5 Å². The van der Waals surface area contributed by atoms with E-state index in [1.807, 2.05) is 18.2 Å². The standard InChI is InChI=1S/C29H37ClN2O5/c1-4-9-21-16-24(30)11-12-25(21)23-18-32(15-8-6-5-7-14-31(3)20(2)33)26-17-22(28(34)29(35)36)10-13-27(26)37-19-23/h5,7,10-13,16-17,23,28,34H,4,6,8-9,14-15,18-19H2,1-3H3,(H,35,36)/b7-5+. The number of rotatable bonds is 11. The van der Waals surface area contributed by atoms with Gasteiger partial charge in [0.15, 0.2) is 6.10 Å². The maximum atomic E-state index is 11.4. The summed E-state index contributed by atoms with van der Waals surface area (Å²) in [6.45, 7) is 6.17. The van der Waals surface area contributed by atoms with E-state index in [4.69, 9.17) is 16.3 Å². The number of likely N-dealkylation sites (N-methyl/N-ethyl adjacent to an activating group) is 1. The number of anilines is 1. The summed E-state index contributed by atoms with van der Waals surface area (Å²) in [4.78, 5) is 26.7. The van der Waals surface area contributed by atoms with Gasteiger partial charge in [0.1, 0.15) is 5.75 Å². The van der Waals surface area contributed by atoms with Crippen LogP contribution in [0.15, 0.2) is 48.6 Å². The highest BCUT2D eigenvalue weighted by Gasteiger charge is 2.27. The zero-order chi connectivity index (χ0) is 26.9. The molecule has 2 aromatic carbocycles. The summed E-state index contributed by atoms with van der Waals surface area (Å²) in [6.07, 6.45) is 6.11. The highest BCUT2D eigenvalue weighted by Crippen LogP contribution is 2.38. The van der Waals surface area contributed by atoms with E-state index in [9.17, 15) is 19.8 Å². The number of carboxylic acids is 1. The molecule has 0 fully saturated rings. The fourth-order valence-corrected chi connectivity index (χ4v) is 4.76. The Kier molecular flexibility index (Phi) is 10.4. The quantitative estimate of drug-likeness (QED) is 0.307. The summed E-state index contributed by atoms with van der Waals surface area (Å²) in [5.41, 5.74) is 3.53. The number of hydrogen-bond donors (Lipinski definition) is 2. The van der Waals surface area contributed by atoms with Crippen molar-refractivity contribution in [2.75, 3.05) is 38.2 Å². The lowest BCUT2D eigenvalue weighted by atomic mass is 9.92. The Hall–Kier alpha value is -3.03. The molecule has 8 heteroatoms. The summed E-state index contributed by atoms with van der Waals surface area (Å²) < 4.78 is 6.24. The highest BCUT2D eigenvalue weighted by atomic mass is 35.5. The number of halogens is 1. The minimum Gasteiger partial charge on any atom is -0.491 e. The second-order valence-electron chi connectivity index (χ2n) is 9.53. The highest BCUT2D eigenvalue weighted by molar-refractivity contribution is 6.30. The van der Waals surface area contributed by atoms with Gasteiger partial charge in [-0.15, -0.1) is 0 Å². The molecule has 2 N–H and O–H groups in total. The van der Waals surface area contributed by atoms with Crippen LogP contribution in [0.25, 0.3) is 0 Å². The normalized spacial score (nSPS) is 16.1. The summed E-state index contributed by atoms with van der Waals surface area (Å²) in [5, 5.41) is 20.2. The maximum Gasteiger partial charge on any atom is 0.337 e. The van der Waals surface area contributed by atoms with Crippen molar-refractivity contribution in [1.82, 2.24) is 4.90 Å². The zero-order valence-corrected chi connectivity index (χ0v) is 22.6. The molecule has 0 radical (unpaired) electrons. The van der Waals surface area contributed by atoms with Crippen molar-refractivity contribution in [2.45, 2.75) is 51.6 Å². The third-order valence-electron chi connectivity index (χ3n) is 6.70. The molecule has 1 amide bonds. The Morgan fingerprint density at radius 2 is 2.03 bits per heavy atom. The Labute approximate surface area is 224 Å². The minimum atomic E-state index is -1.60. The van der Waals surface area contributed by atoms with Crippen LogP contribution in [0.5, 0.6) is 5.75 Å². The van der Waals surface area contributed by atoms with Crippen molar-refractivity contribution >= 4 is 29.2 Å². The summed E-state index contributed by atoms with van der Waals surface area (Å²) in [5.74, 6) is -0.488. The predicted molar refractivity (Wildman–Crippen MR) is 147 cm³/mol. The number of allylic oxidation sites excluding steroid dienone is 1. The van der Waals surface area contributed by atoms with Gasteiger partial charge in [-0.2, -0.15) is 0 Å². The SMILES string of the molecule is CCCc1cc(Cl)ccc1C1COc2ccc(C(O)C(=O)O)cc2N(CCC/C=C/CN(C)C(C)=O)C1. The van der Waals surface area contributed by atoms with Crippen LogP contribution in [0.2, 0.25) is 5.02 Å². The van der Waals surface area contributed by atoms with Crippen molar-refractivity contribution in [3.63, 3.8) is 0 Å². The average molecular weight is 529 g/mol. The number of aliphatic carboxylic acids is 1. The molecule has 1 heterocycles. The molecular weight excluding hydrogens is 492 g/mol. The largest absolute Gasteiger partial charge is 0.491 e. The topological polar surface area (TPSA) is 90.3 Å². The number of ether oxygens (including phenoxy) is 1. The van der Waals surface area contributed by atoms with Gasteiger partial charge >= 0.3 is 5.97 Å². The predicted octanol–water partition coefficient (Wildman–Crippen LogP) is 5.21. The molecule has 7 nitrogen and oxygen atoms in total. The number of carbonyl (C=O) groups excluding carboxylic acids is 1. The van der Waals surface area contributed by atoms with Crippen LogP contribution in [-0.4, -0.2) is 60.3 Å². The first-order chi connectivity index (χ1) is 17.7. The molecule has 2 unspecified atom stereocenters. The van der Waals surface area contributed by atoms with Gasteiger partial charge in [-0.3, -0.25) is 4.79 Å². The number of benzene rings is 2. The number of carboxylic acid groups (broad SMARTS) is 1.